The third kappa shape index (κ3) is 4.72. The lowest BCUT2D eigenvalue weighted by Crippen LogP contribution is -2.49. The average Bonchev–Trinajstić information content (AvgIpc) is 3.37. The molecule has 8 heteroatoms. The Morgan fingerprint density at radius 3 is 2.75 bits per heavy atom. The molecule has 3 rings (SSSR count). The van der Waals surface area contributed by atoms with E-state index in [0.29, 0.717) is 23.7 Å². The van der Waals surface area contributed by atoms with E-state index in [2.05, 4.69) is 22.0 Å². The second-order valence-electron chi connectivity index (χ2n) is 7.54. The Kier molecular flexibility index (Phi) is 6.08. The molecule has 2 heterocycles. The number of oxime groups is 1. The first-order valence-corrected chi connectivity index (χ1v) is 11.3. The van der Waals surface area contributed by atoms with Crippen molar-refractivity contribution in [2.45, 2.75) is 56.7 Å². The SMILES string of the molecule is CCOC(O)C(C)(CC1CC(c2ccc(C#CC3CC3)cn2)=NO1)S(C)(=O)=O. The number of sulfone groups is 1. The molecule has 1 aromatic heterocycles. The molecule has 7 nitrogen and oxygen atoms in total. The predicted molar refractivity (Wildman–Crippen MR) is 105 cm³/mol. The summed E-state index contributed by atoms with van der Waals surface area (Å²) < 4.78 is 28.3. The number of aromatic nitrogens is 1. The highest BCUT2D eigenvalue weighted by atomic mass is 32.2. The molecule has 1 aromatic rings. The molecular weight excluding hydrogens is 380 g/mol. The summed E-state index contributed by atoms with van der Waals surface area (Å²) in [7, 11) is -3.61. The molecule has 0 spiro atoms. The number of ether oxygens (including phenoxy) is 1. The predicted octanol–water partition coefficient (Wildman–Crippen LogP) is 1.88. The first kappa shape index (κ1) is 20.8. The van der Waals surface area contributed by atoms with Crippen LogP contribution in [0, 0.1) is 17.8 Å². The van der Waals surface area contributed by atoms with Gasteiger partial charge in [0.05, 0.1) is 5.69 Å². The zero-order valence-corrected chi connectivity index (χ0v) is 17.2. The Balaban J connectivity index is 1.66. The second-order valence-corrected chi connectivity index (χ2v) is 10.0. The molecule has 0 radical (unpaired) electrons. The van der Waals surface area contributed by atoms with Gasteiger partial charge in [0.15, 0.2) is 16.1 Å². The van der Waals surface area contributed by atoms with Crippen LogP contribution < -0.4 is 0 Å². The number of hydrogen-bond acceptors (Lipinski definition) is 7. The summed E-state index contributed by atoms with van der Waals surface area (Å²) >= 11 is 0. The minimum absolute atomic E-state index is 0.0605. The van der Waals surface area contributed by atoms with Crippen LogP contribution in [0.5, 0.6) is 0 Å². The van der Waals surface area contributed by atoms with Gasteiger partial charge in [-0.15, -0.1) is 0 Å². The number of hydrogen-bond donors (Lipinski definition) is 1. The Morgan fingerprint density at radius 2 is 2.18 bits per heavy atom. The summed E-state index contributed by atoms with van der Waals surface area (Å²) in [5.41, 5.74) is 2.18. The fourth-order valence-corrected chi connectivity index (χ4v) is 3.89. The summed E-state index contributed by atoms with van der Waals surface area (Å²) in [6.45, 7) is 3.37. The van der Waals surface area contributed by atoms with Crippen molar-refractivity contribution in [3.63, 3.8) is 0 Å². The molecule has 2 aliphatic rings. The van der Waals surface area contributed by atoms with Gasteiger partial charge < -0.3 is 14.7 Å². The van der Waals surface area contributed by atoms with Crippen molar-refractivity contribution < 1.29 is 23.1 Å². The van der Waals surface area contributed by atoms with Gasteiger partial charge in [0.25, 0.3) is 0 Å². The summed E-state index contributed by atoms with van der Waals surface area (Å²) in [5.74, 6) is 6.84. The zero-order valence-electron chi connectivity index (χ0n) is 16.4. The summed E-state index contributed by atoms with van der Waals surface area (Å²) in [5, 5.41) is 14.3. The van der Waals surface area contributed by atoms with Crippen LogP contribution in [0.25, 0.3) is 0 Å². The fraction of sp³-hybridized carbons (Fsp3) is 0.600. The maximum absolute atomic E-state index is 12.3. The molecule has 0 amide bonds. The molecule has 0 bridgehead atoms. The molecule has 1 aliphatic carbocycles. The van der Waals surface area contributed by atoms with Gasteiger partial charge >= 0.3 is 0 Å². The van der Waals surface area contributed by atoms with Crippen LogP contribution in [0.1, 0.15) is 50.8 Å². The normalized spacial score (nSPS) is 22.4. The van der Waals surface area contributed by atoms with E-state index in [4.69, 9.17) is 9.57 Å². The van der Waals surface area contributed by atoms with Gasteiger partial charge in [-0.3, -0.25) is 4.98 Å². The van der Waals surface area contributed by atoms with Crippen molar-refractivity contribution in [2.24, 2.45) is 11.1 Å². The van der Waals surface area contributed by atoms with Crippen molar-refractivity contribution >= 4 is 15.5 Å². The third-order valence-corrected chi connectivity index (χ3v) is 7.18. The molecule has 1 saturated carbocycles. The zero-order chi connectivity index (χ0) is 20.4. The third-order valence-electron chi connectivity index (χ3n) is 5.12. The lowest BCUT2D eigenvalue weighted by atomic mass is 9.97. The lowest BCUT2D eigenvalue weighted by molar-refractivity contribution is -0.124. The van der Waals surface area contributed by atoms with Gasteiger partial charge in [-0.25, -0.2) is 8.42 Å². The number of aliphatic hydroxyl groups excluding tert-OH is 1. The summed E-state index contributed by atoms with van der Waals surface area (Å²) in [6.07, 6.45) is 3.70. The van der Waals surface area contributed by atoms with E-state index in [-0.39, 0.29) is 13.0 Å². The van der Waals surface area contributed by atoms with Gasteiger partial charge in [-0.1, -0.05) is 17.0 Å². The molecule has 1 fully saturated rings. The Bertz CT molecular complexity index is 897. The number of rotatable bonds is 7. The van der Waals surface area contributed by atoms with E-state index in [1.54, 1.807) is 13.1 Å². The van der Waals surface area contributed by atoms with Crippen molar-refractivity contribution in [3.05, 3.63) is 29.6 Å². The van der Waals surface area contributed by atoms with E-state index < -0.39 is 27.0 Å². The monoisotopic (exact) mass is 406 g/mol. The molecule has 3 atom stereocenters. The van der Waals surface area contributed by atoms with Crippen LogP contribution in [-0.4, -0.2) is 54.2 Å². The minimum Gasteiger partial charge on any atom is -0.392 e. The van der Waals surface area contributed by atoms with Gasteiger partial charge in [-0.05, 0) is 38.8 Å². The quantitative estimate of drug-likeness (QED) is 0.548. The second kappa shape index (κ2) is 8.19. The van der Waals surface area contributed by atoms with E-state index >= 15 is 0 Å². The van der Waals surface area contributed by atoms with Crippen LogP contribution in [0.2, 0.25) is 0 Å². The highest BCUT2D eigenvalue weighted by Crippen LogP contribution is 2.32. The summed E-state index contributed by atoms with van der Waals surface area (Å²) in [4.78, 5) is 9.84. The highest BCUT2D eigenvalue weighted by Gasteiger charge is 2.47. The lowest BCUT2D eigenvalue weighted by Gasteiger charge is -2.33. The Hall–Kier alpha value is -1.95. The Labute approximate surface area is 166 Å². The standard InChI is InChI=1S/C20H26N2O5S/c1-4-26-19(23)20(2,28(3,24)25)12-16-11-18(22-27-16)17-10-9-15(13-21-17)8-7-14-5-6-14/h9-10,13-14,16,19,23H,4-6,11-12H2,1-3H3. The van der Waals surface area contributed by atoms with Crippen molar-refractivity contribution in [2.75, 3.05) is 12.9 Å². The van der Waals surface area contributed by atoms with Crippen LogP contribution >= 0.6 is 0 Å². The van der Waals surface area contributed by atoms with E-state index in [0.717, 1.165) is 11.8 Å². The first-order chi connectivity index (χ1) is 13.2. The van der Waals surface area contributed by atoms with Crippen LogP contribution in [0.3, 0.4) is 0 Å². The highest BCUT2D eigenvalue weighted by molar-refractivity contribution is 7.92. The van der Waals surface area contributed by atoms with E-state index in [1.165, 1.54) is 19.8 Å². The Morgan fingerprint density at radius 1 is 1.43 bits per heavy atom. The molecule has 28 heavy (non-hydrogen) atoms. The van der Waals surface area contributed by atoms with Crippen molar-refractivity contribution in [3.8, 4) is 11.8 Å². The van der Waals surface area contributed by atoms with Gasteiger partial charge in [-0.2, -0.15) is 0 Å². The molecule has 0 saturated heterocycles. The number of pyridine rings is 1. The van der Waals surface area contributed by atoms with E-state index in [1.807, 2.05) is 12.1 Å². The molecule has 152 valence electrons. The molecule has 0 aromatic carbocycles. The minimum atomic E-state index is -3.61. The summed E-state index contributed by atoms with van der Waals surface area (Å²) in [6, 6.07) is 3.74. The number of aliphatic hydroxyl groups is 1. The maximum Gasteiger partial charge on any atom is 0.174 e. The average molecular weight is 407 g/mol. The van der Waals surface area contributed by atoms with Crippen LogP contribution in [0.15, 0.2) is 23.5 Å². The van der Waals surface area contributed by atoms with Gasteiger partial charge in [0.2, 0.25) is 0 Å². The van der Waals surface area contributed by atoms with Crippen LogP contribution in [0.4, 0.5) is 0 Å². The molecule has 1 aliphatic heterocycles. The first-order valence-electron chi connectivity index (χ1n) is 9.43. The molecule has 1 N–H and O–H groups in total. The largest absolute Gasteiger partial charge is 0.392 e. The maximum atomic E-state index is 12.3. The topological polar surface area (TPSA) is 98.1 Å². The van der Waals surface area contributed by atoms with Crippen molar-refractivity contribution in [1.82, 2.24) is 4.98 Å². The van der Waals surface area contributed by atoms with Gasteiger partial charge in [0, 0.05) is 43.4 Å². The van der Waals surface area contributed by atoms with Gasteiger partial charge in [0.1, 0.15) is 16.6 Å². The molecular formula is C20H26N2O5S. The molecule has 3 unspecified atom stereocenters. The van der Waals surface area contributed by atoms with Crippen molar-refractivity contribution in [1.29, 1.82) is 0 Å². The van der Waals surface area contributed by atoms with E-state index in [9.17, 15) is 13.5 Å². The van der Waals surface area contributed by atoms with Crippen LogP contribution in [-0.2, 0) is 19.4 Å². The smallest absolute Gasteiger partial charge is 0.174 e. The number of nitrogens with zero attached hydrogens (tertiary/aromatic N) is 2. The fourth-order valence-electron chi connectivity index (χ4n) is 2.96.